The molecule has 0 spiro atoms. The second kappa shape index (κ2) is 11.3. The van der Waals surface area contributed by atoms with Crippen LogP contribution in [0.1, 0.15) is 67.8 Å². The molecular formula is C23H28FNO2. The molecule has 1 aromatic carbocycles. The molecule has 0 saturated heterocycles. The van der Waals surface area contributed by atoms with Crippen molar-refractivity contribution >= 4 is 5.97 Å². The molecule has 0 radical (unpaired) electrons. The number of carbonyl (C=O) groups excluding carboxylic acids is 1. The van der Waals surface area contributed by atoms with E-state index in [1.165, 1.54) is 17.7 Å². The topological polar surface area (TPSA) is 50.1 Å². The van der Waals surface area contributed by atoms with Gasteiger partial charge in [0.2, 0.25) is 0 Å². The summed E-state index contributed by atoms with van der Waals surface area (Å²) in [5, 5.41) is 8.33. The number of hydrogen-bond acceptors (Lipinski definition) is 3. The normalized spacial score (nSPS) is 20.4. The summed E-state index contributed by atoms with van der Waals surface area (Å²) in [5.41, 5.74) is 1.87. The Labute approximate surface area is 161 Å². The summed E-state index contributed by atoms with van der Waals surface area (Å²) in [6.45, 7) is 2.14. The van der Waals surface area contributed by atoms with Gasteiger partial charge in [0.25, 0.3) is 0 Å². The highest BCUT2D eigenvalue weighted by molar-refractivity contribution is 5.89. The Hall–Kier alpha value is -2.41. The molecule has 0 heterocycles. The van der Waals surface area contributed by atoms with Crippen LogP contribution in [0.3, 0.4) is 0 Å². The number of aryl methyl sites for hydroxylation is 1. The molecule has 1 aliphatic carbocycles. The van der Waals surface area contributed by atoms with Crippen molar-refractivity contribution in [2.75, 3.05) is 0 Å². The zero-order valence-corrected chi connectivity index (χ0v) is 16.0. The van der Waals surface area contributed by atoms with Crippen LogP contribution in [0.4, 0.5) is 4.39 Å². The molecule has 0 atom stereocenters. The minimum absolute atomic E-state index is 0.00673. The van der Waals surface area contributed by atoms with Gasteiger partial charge in [-0.1, -0.05) is 37.6 Å². The highest BCUT2D eigenvalue weighted by atomic mass is 19.1. The van der Waals surface area contributed by atoms with Crippen molar-refractivity contribution in [2.45, 2.75) is 64.4 Å². The van der Waals surface area contributed by atoms with E-state index in [4.69, 9.17) is 10.00 Å². The van der Waals surface area contributed by atoms with Gasteiger partial charge >= 0.3 is 5.97 Å². The van der Waals surface area contributed by atoms with Crippen LogP contribution < -0.4 is 0 Å². The lowest BCUT2D eigenvalue weighted by molar-refractivity contribution is 0.0162. The van der Waals surface area contributed by atoms with E-state index >= 15 is 0 Å². The Balaban J connectivity index is 1.69. The highest BCUT2D eigenvalue weighted by Gasteiger charge is 2.23. The summed E-state index contributed by atoms with van der Waals surface area (Å²) >= 11 is 0. The first-order valence-corrected chi connectivity index (χ1v) is 9.84. The van der Waals surface area contributed by atoms with E-state index < -0.39 is 5.83 Å². The van der Waals surface area contributed by atoms with Gasteiger partial charge in [-0.15, -0.1) is 0 Å². The summed E-state index contributed by atoms with van der Waals surface area (Å²) in [5.74, 6) is -0.382. The Bertz CT molecular complexity index is 692. The monoisotopic (exact) mass is 369 g/mol. The molecule has 0 N–H and O–H groups in total. The molecular weight excluding hydrogens is 341 g/mol. The van der Waals surface area contributed by atoms with Gasteiger partial charge in [0.05, 0.1) is 5.56 Å². The molecule has 0 amide bonds. The number of nitriles is 1. The van der Waals surface area contributed by atoms with Crippen LogP contribution in [0.15, 0.2) is 48.3 Å². The molecule has 1 aromatic rings. The molecule has 1 saturated carbocycles. The maximum absolute atomic E-state index is 12.6. The standard InChI is InChI=1S/C23H28FNO2/c1-2-6-18-9-13-20(14-10-18)23(26)27-22-15-11-19(12-16-22)7-4-3-5-8-21(24)17-25/h3,5,8-10,13-14,19,22H,2,4,6-7,11-12,15-16H2,1H3/b5-3+,21-8?. The third-order valence-electron chi connectivity index (χ3n) is 5.02. The molecule has 1 aliphatic rings. The van der Waals surface area contributed by atoms with E-state index in [2.05, 4.69) is 6.92 Å². The van der Waals surface area contributed by atoms with Crippen LogP contribution in [-0.4, -0.2) is 12.1 Å². The van der Waals surface area contributed by atoms with Crippen molar-refractivity contribution in [3.8, 4) is 6.07 Å². The number of carbonyl (C=O) groups is 1. The number of allylic oxidation sites excluding steroid dienone is 4. The second-order valence-electron chi connectivity index (χ2n) is 7.13. The number of nitrogens with zero attached hydrogens (tertiary/aromatic N) is 1. The maximum Gasteiger partial charge on any atom is 0.338 e. The smallest absolute Gasteiger partial charge is 0.338 e. The van der Waals surface area contributed by atoms with Crippen molar-refractivity contribution in [3.63, 3.8) is 0 Å². The van der Waals surface area contributed by atoms with E-state index in [0.29, 0.717) is 11.5 Å². The van der Waals surface area contributed by atoms with Crippen molar-refractivity contribution in [1.29, 1.82) is 5.26 Å². The number of hydrogen-bond donors (Lipinski definition) is 0. The first-order valence-electron chi connectivity index (χ1n) is 9.84. The lowest BCUT2D eigenvalue weighted by Gasteiger charge is -2.28. The van der Waals surface area contributed by atoms with Gasteiger partial charge in [-0.25, -0.2) is 4.79 Å². The third kappa shape index (κ3) is 7.38. The minimum Gasteiger partial charge on any atom is -0.459 e. The van der Waals surface area contributed by atoms with Gasteiger partial charge in [0, 0.05) is 0 Å². The average molecular weight is 369 g/mol. The van der Waals surface area contributed by atoms with E-state index in [1.54, 1.807) is 6.08 Å². The molecule has 0 aromatic heterocycles. The quantitative estimate of drug-likeness (QED) is 0.317. The average Bonchev–Trinajstić information content (AvgIpc) is 2.69. The van der Waals surface area contributed by atoms with Crippen LogP contribution in [0.5, 0.6) is 0 Å². The van der Waals surface area contributed by atoms with Gasteiger partial charge in [-0.3, -0.25) is 0 Å². The summed E-state index contributed by atoms with van der Waals surface area (Å²) in [4.78, 5) is 12.3. The lowest BCUT2D eigenvalue weighted by Crippen LogP contribution is -2.24. The molecule has 144 valence electrons. The van der Waals surface area contributed by atoms with E-state index in [-0.39, 0.29) is 12.1 Å². The molecule has 4 heteroatoms. The minimum atomic E-state index is -0.770. The molecule has 27 heavy (non-hydrogen) atoms. The molecule has 2 rings (SSSR count). The second-order valence-corrected chi connectivity index (χ2v) is 7.13. The van der Waals surface area contributed by atoms with Crippen molar-refractivity contribution < 1.29 is 13.9 Å². The van der Waals surface area contributed by atoms with Gasteiger partial charge in [-0.2, -0.15) is 9.65 Å². The fraction of sp³-hybridized carbons (Fsp3) is 0.478. The Morgan fingerprint density at radius 1 is 1.26 bits per heavy atom. The van der Waals surface area contributed by atoms with Gasteiger partial charge in [0.15, 0.2) is 5.83 Å². The van der Waals surface area contributed by atoms with Crippen molar-refractivity contribution in [3.05, 3.63) is 59.4 Å². The van der Waals surface area contributed by atoms with Gasteiger partial charge < -0.3 is 4.74 Å². The number of rotatable bonds is 8. The van der Waals surface area contributed by atoms with Crippen LogP contribution in [0.2, 0.25) is 0 Å². The lowest BCUT2D eigenvalue weighted by atomic mass is 9.84. The highest BCUT2D eigenvalue weighted by Crippen LogP contribution is 2.30. The molecule has 1 fully saturated rings. The third-order valence-corrected chi connectivity index (χ3v) is 5.02. The predicted molar refractivity (Wildman–Crippen MR) is 105 cm³/mol. The summed E-state index contributed by atoms with van der Waals surface area (Å²) < 4.78 is 18.3. The van der Waals surface area contributed by atoms with Gasteiger partial charge in [0.1, 0.15) is 12.2 Å². The Morgan fingerprint density at radius 2 is 1.96 bits per heavy atom. The Kier molecular flexibility index (Phi) is 8.77. The number of esters is 1. The fourth-order valence-corrected chi connectivity index (χ4v) is 3.47. The zero-order valence-electron chi connectivity index (χ0n) is 16.0. The molecule has 3 nitrogen and oxygen atoms in total. The maximum atomic E-state index is 12.6. The summed E-state index contributed by atoms with van der Waals surface area (Å²) in [7, 11) is 0. The van der Waals surface area contributed by atoms with Crippen LogP contribution in [0.25, 0.3) is 0 Å². The fourth-order valence-electron chi connectivity index (χ4n) is 3.47. The largest absolute Gasteiger partial charge is 0.459 e. The van der Waals surface area contributed by atoms with E-state index in [9.17, 15) is 9.18 Å². The van der Waals surface area contributed by atoms with Crippen molar-refractivity contribution in [2.24, 2.45) is 5.92 Å². The summed E-state index contributed by atoms with van der Waals surface area (Å²) in [6, 6.07) is 9.16. The van der Waals surface area contributed by atoms with Crippen LogP contribution >= 0.6 is 0 Å². The number of halogens is 1. The SMILES string of the molecule is CCCc1ccc(C(=O)OC2CCC(CC/C=C/C=C(F)C#N)CC2)cc1. The van der Waals surface area contributed by atoms with Crippen LogP contribution in [-0.2, 0) is 11.2 Å². The van der Waals surface area contributed by atoms with Crippen LogP contribution in [0, 0.1) is 17.2 Å². The predicted octanol–water partition coefficient (Wildman–Crippen LogP) is 6.07. The molecule has 0 unspecified atom stereocenters. The number of ether oxygens (including phenoxy) is 1. The van der Waals surface area contributed by atoms with Gasteiger partial charge in [-0.05, 0) is 74.6 Å². The zero-order chi connectivity index (χ0) is 19.5. The van der Waals surface area contributed by atoms with E-state index in [0.717, 1.165) is 51.4 Å². The summed E-state index contributed by atoms with van der Waals surface area (Å²) in [6.07, 6.45) is 12.6. The first kappa shape index (κ1) is 20.9. The molecule has 0 bridgehead atoms. The Morgan fingerprint density at radius 3 is 2.59 bits per heavy atom. The molecule has 0 aliphatic heterocycles. The van der Waals surface area contributed by atoms with E-state index in [1.807, 2.05) is 30.3 Å². The number of benzene rings is 1. The first-order chi connectivity index (χ1) is 13.1. The van der Waals surface area contributed by atoms with Crippen molar-refractivity contribution in [1.82, 2.24) is 0 Å².